The Hall–Kier alpha value is -1.72. The van der Waals surface area contributed by atoms with E-state index in [1.807, 2.05) is 13.0 Å². The van der Waals surface area contributed by atoms with Crippen LogP contribution < -0.4 is 4.72 Å². The van der Waals surface area contributed by atoms with Crippen molar-refractivity contribution in [1.82, 2.24) is 9.62 Å². The maximum absolute atomic E-state index is 12.4. The van der Waals surface area contributed by atoms with Gasteiger partial charge in [0.25, 0.3) is 0 Å². The Bertz CT molecular complexity index is 868. The van der Waals surface area contributed by atoms with Crippen LogP contribution in [0.1, 0.15) is 22.9 Å². The number of nitriles is 1. The lowest BCUT2D eigenvalue weighted by atomic mass is 10.1. The van der Waals surface area contributed by atoms with Crippen molar-refractivity contribution >= 4 is 21.4 Å². The van der Waals surface area contributed by atoms with E-state index in [2.05, 4.69) is 21.1 Å². The van der Waals surface area contributed by atoms with E-state index in [0.29, 0.717) is 12.1 Å². The minimum atomic E-state index is -3.60. The van der Waals surface area contributed by atoms with Gasteiger partial charge >= 0.3 is 0 Å². The third-order valence-corrected chi connectivity index (χ3v) is 6.75. The molecule has 1 aromatic carbocycles. The highest BCUT2D eigenvalue weighted by atomic mass is 32.2. The third kappa shape index (κ3) is 3.68. The molecule has 2 aromatic rings. The smallest absolute Gasteiger partial charge is 0.240 e. The van der Waals surface area contributed by atoms with E-state index in [1.165, 1.54) is 22.6 Å². The lowest BCUT2D eigenvalue weighted by molar-refractivity contribution is 0.193. The number of benzene rings is 1. The van der Waals surface area contributed by atoms with Crippen molar-refractivity contribution in [3.8, 4) is 6.07 Å². The number of hydrogen-bond acceptors (Lipinski definition) is 5. The SMILES string of the molecule is CC(CNS(=O)(=O)c1cccc(C#N)c1)N1CCc2sccc2C1. The fourth-order valence-electron chi connectivity index (χ4n) is 2.82. The summed E-state index contributed by atoms with van der Waals surface area (Å²) >= 11 is 1.79. The molecule has 1 atom stereocenters. The fraction of sp³-hybridized carbons (Fsp3) is 0.353. The van der Waals surface area contributed by atoms with E-state index in [9.17, 15) is 8.42 Å². The highest BCUT2D eigenvalue weighted by Crippen LogP contribution is 2.25. The van der Waals surface area contributed by atoms with Crippen molar-refractivity contribution in [2.75, 3.05) is 13.1 Å². The van der Waals surface area contributed by atoms with Crippen molar-refractivity contribution in [3.05, 3.63) is 51.7 Å². The second-order valence-electron chi connectivity index (χ2n) is 5.93. The summed E-state index contributed by atoms with van der Waals surface area (Å²) in [6.07, 6.45) is 1.02. The first kappa shape index (κ1) is 17.1. The van der Waals surface area contributed by atoms with Crippen LogP contribution in [0.2, 0.25) is 0 Å². The first-order valence-electron chi connectivity index (χ1n) is 7.79. The maximum Gasteiger partial charge on any atom is 0.240 e. The van der Waals surface area contributed by atoms with Gasteiger partial charge in [-0.2, -0.15) is 5.26 Å². The molecule has 7 heteroatoms. The van der Waals surface area contributed by atoms with Crippen molar-refractivity contribution in [2.45, 2.75) is 30.8 Å². The van der Waals surface area contributed by atoms with Gasteiger partial charge in [0.05, 0.1) is 16.5 Å². The number of sulfonamides is 1. The normalized spacial score (nSPS) is 16.3. The Morgan fingerprint density at radius 1 is 1.42 bits per heavy atom. The van der Waals surface area contributed by atoms with Crippen LogP contribution in [0.4, 0.5) is 0 Å². The number of thiophene rings is 1. The average molecular weight is 361 g/mol. The van der Waals surface area contributed by atoms with Crippen molar-refractivity contribution in [2.24, 2.45) is 0 Å². The molecule has 1 aliphatic rings. The molecule has 5 nitrogen and oxygen atoms in total. The number of nitrogens with one attached hydrogen (secondary N) is 1. The number of rotatable bonds is 5. The van der Waals surface area contributed by atoms with Crippen molar-refractivity contribution in [3.63, 3.8) is 0 Å². The summed E-state index contributed by atoms with van der Waals surface area (Å²) in [4.78, 5) is 3.86. The Labute approximate surface area is 146 Å². The predicted octanol–water partition coefficient (Wildman–Crippen LogP) is 2.34. The maximum atomic E-state index is 12.4. The minimum absolute atomic E-state index is 0.104. The molecule has 0 fully saturated rings. The van der Waals surface area contributed by atoms with E-state index < -0.39 is 10.0 Å². The zero-order valence-corrected chi connectivity index (χ0v) is 15.0. The molecule has 1 unspecified atom stereocenters. The first-order valence-corrected chi connectivity index (χ1v) is 10.1. The molecule has 1 aliphatic heterocycles. The number of hydrogen-bond donors (Lipinski definition) is 1. The highest BCUT2D eigenvalue weighted by molar-refractivity contribution is 7.89. The lowest BCUT2D eigenvalue weighted by Crippen LogP contribution is -2.44. The second-order valence-corrected chi connectivity index (χ2v) is 8.70. The molecule has 24 heavy (non-hydrogen) atoms. The van der Waals surface area contributed by atoms with Crippen molar-refractivity contribution in [1.29, 1.82) is 5.26 Å². The number of nitrogens with zero attached hydrogens (tertiary/aromatic N) is 2. The summed E-state index contributed by atoms with van der Waals surface area (Å²) in [5.41, 5.74) is 1.69. The molecule has 3 rings (SSSR count). The van der Waals surface area contributed by atoms with E-state index in [4.69, 9.17) is 5.26 Å². The Morgan fingerprint density at radius 3 is 3.04 bits per heavy atom. The molecular formula is C17H19N3O2S2. The fourth-order valence-corrected chi connectivity index (χ4v) is 4.88. The van der Waals surface area contributed by atoms with Gasteiger partial charge in [0.1, 0.15) is 0 Å². The van der Waals surface area contributed by atoms with Gasteiger partial charge in [-0.3, -0.25) is 4.90 Å². The molecule has 0 saturated heterocycles. The van der Waals surface area contributed by atoms with Crippen LogP contribution >= 0.6 is 11.3 Å². The predicted molar refractivity (Wildman–Crippen MR) is 94.2 cm³/mol. The molecule has 0 amide bonds. The lowest BCUT2D eigenvalue weighted by Gasteiger charge is -2.32. The van der Waals surface area contributed by atoms with Crippen LogP contribution in [0.25, 0.3) is 0 Å². The molecule has 1 aromatic heterocycles. The van der Waals surface area contributed by atoms with E-state index >= 15 is 0 Å². The Balaban J connectivity index is 1.63. The molecule has 0 bridgehead atoms. The largest absolute Gasteiger partial charge is 0.295 e. The van der Waals surface area contributed by atoms with Gasteiger partial charge in [-0.25, -0.2) is 13.1 Å². The molecule has 126 valence electrons. The Kier molecular flexibility index (Phi) is 5.01. The van der Waals surface area contributed by atoms with Gasteiger partial charge < -0.3 is 0 Å². The number of fused-ring (bicyclic) bond motifs is 1. The standard InChI is InChI=1S/C17H19N3O2S2/c1-13(20-7-5-17-15(12-20)6-8-23-17)11-19-24(21,22)16-4-2-3-14(9-16)10-18/h2-4,6,8-9,13,19H,5,7,11-12H2,1H3. The highest BCUT2D eigenvalue weighted by Gasteiger charge is 2.23. The van der Waals surface area contributed by atoms with Crippen molar-refractivity contribution < 1.29 is 8.42 Å². The van der Waals surface area contributed by atoms with Gasteiger partial charge in [0, 0.05) is 30.6 Å². The quantitative estimate of drug-likeness (QED) is 0.887. The van der Waals surface area contributed by atoms with Gasteiger partial charge in [-0.1, -0.05) is 6.07 Å². The topological polar surface area (TPSA) is 73.2 Å². The second kappa shape index (κ2) is 7.03. The zero-order chi connectivity index (χ0) is 17.2. The third-order valence-electron chi connectivity index (χ3n) is 4.30. The van der Waals surface area contributed by atoms with E-state index in [1.54, 1.807) is 23.5 Å². The molecule has 0 radical (unpaired) electrons. The molecular weight excluding hydrogens is 342 g/mol. The summed E-state index contributed by atoms with van der Waals surface area (Å²) in [6.45, 7) is 4.19. The summed E-state index contributed by atoms with van der Waals surface area (Å²) in [6, 6.07) is 10.3. The van der Waals surface area contributed by atoms with Crippen LogP contribution in [0, 0.1) is 11.3 Å². The molecule has 2 heterocycles. The van der Waals surface area contributed by atoms with Gasteiger partial charge in [-0.05, 0) is 48.6 Å². The summed E-state index contributed by atoms with van der Waals surface area (Å²) in [7, 11) is -3.60. The molecule has 0 aliphatic carbocycles. The Morgan fingerprint density at radius 2 is 2.25 bits per heavy atom. The first-order chi connectivity index (χ1) is 11.5. The molecule has 0 spiro atoms. The van der Waals surface area contributed by atoms with Crippen LogP contribution in [-0.2, 0) is 23.0 Å². The van der Waals surface area contributed by atoms with Crippen LogP contribution in [0.15, 0.2) is 40.6 Å². The van der Waals surface area contributed by atoms with Crippen LogP contribution in [0.3, 0.4) is 0 Å². The van der Waals surface area contributed by atoms with Crippen LogP contribution in [0.5, 0.6) is 0 Å². The zero-order valence-electron chi connectivity index (χ0n) is 13.4. The minimum Gasteiger partial charge on any atom is -0.295 e. The van der Waals surface area contributed by atoms with Crippen LogP contribution in [-0.4, -0.2) is 32.4 Å². The molecule has 0 saturated carbocycles. The van der Waals surface area contributed by atoms with Gasteiger partial charge in [-0.15, -0.1) is 11.3 Å². The summed E-state index contributed by atoms with van der Waals surface area (Å²) < 4.78 is 27.5. The van der Waals surface area contributed by atoms with E-state index in [-0.39, 0.29) is 10.9 Å². The monoisotopic (exact) mass is 361 g/mol. The van der Waals surface area contributed by atoms with Gasteiger partial charge in [0.15, 0.2) is 0 Å². The van der Waals surface area contributed by atoms with Gasteiger partial charge in [0.2, 0.25) is 10.0 Å². The summed E-state index contributed by atoms with van der Waals surface area (Å²) in [5, 5.41) is 11.0. The summed E-state index contributed by atoms with van der Waals surface area (Å²) in [5.74, 6) is 0. The molecule has 1 N–H and O–H groups in total. The average Bonchev–Trinajstić information content (AvgIpc) is 3.07. The van der Waals surface area contributed by atoms with E-state index in [0.717, 1.165) is 19.5 Å².